The molecule has 1 fully saturated rings. The predicted molar refractivity (Wildman–Crippen MR) is 87.4 cm³/mol. The van der Waals surface area contributed by atoms with Crippen LogP contribution >= 0.6 is 0 Å². The molecule has 0 aromatic carbocycles. The van der Waals surface area contributed by atoms with Gasteiger partial charge < -0.3 is 20.1 Å². The normalized spacial score (nSPS) is 20.4. The third-order valence-corrected chi connectivity index (χ3v) is 4.24. The summed E-state index contributed by atoms with van der Waals surface area (Å²) in [6.45, 7) is 0. The van der Waals surface area contributed by atoms with Crippen molar-refractivity contribution in [3.05, 3.63) is 56.6 Å². The molecular formula is C16H18N4O5. The Hall–Kier alpha value is -2.94. The third kappa shape index (κ3) is 3.77. The van der Waals surface area contributed by atoms with E-state index in [9.17, 15) is 19.5 Å². The molecule has 9 nitrogen and oxygen atoms in total. The lowest BCUT2D eigenvalue weighted by molar-refractivity contribution is 0.0234. The molecule has 0 unspecified atom stereocenters. The molecule has 0 saturated heterocycles. The van der Waals surface area contributed by atoms with Crippen molar-refractivity contribution in [2.24, 2.45) is 5.92 Å². The van der Waals surface area contributed by atoms with Crippen molar-refractivity contribution in [1.82, 2.24) is 20.3 Å². The Morgan fingerprint density at radius 3 is 2.72 bits per heavy atom. The fourth-order valence-electron chi connectivity index (χ4n) is 2.90. The largest absolute Gasteiger partial charge is 0.495 e. The van der Waals surface area contributed by atoms with Crippen LogP contribution in [-0.2, 0) is 0 Å². The number of hydrogen-bond donors (Lipinski definition) is 4. The monoisotopic (exact) mass is 346 g/mol. The molecule has 2 aromatic rings. The number of hydrogen-bond acceptors (Lipinski definition) is 6. The van der Waals surface area contributed by atoms with Crippen molar-refractivity contribution in [2.45, 2.75) is 25.0 Å². The minimum atomic E-state index is -0.753. The summed E-state index contributed by atoms with van der Waals surface area (Å²) in [7, 11) is 1.52. The van der Waals surface area contributed by atoms with Crippen LogP contribution in [0.4, 0.5) is 0 Å². The lowest BCUT2D eigenvalue weighted by atomic mass is 9.75. The van der Waals surface area contributed by atoms with Gasteiger partial charge in [0.25, 0.3) is 11.5 Å². The molecule has 4 N–H and O–H groups in total. The maximum Gasteiger partial charge on any atom is 0.326 e. The van der Waals surface area contributed by atoms with Crippen molar-refractivity contribution < 1.29 is 14.6 Å². The molecule has 25 heavy (non-hydrogen) atoms. The average molecular weight is 346 g/mol. The van der Waals surface area contributed by atoms with Crippen molar-refractivity contribution in [3.63, 3.8) is 0 Å². The van der Waals surface area contributed by atoms with Gasteiger partial charge in [-0.1, -0.05) is 0 Å². The number of methoxy groups -OCH3 is 1. The zero-order valence-electron chi connectivity index (χ0n) is 13.5. The maximum absolute atomic E-state index is 12.5. The minimum absolute atomic E-state index is 0.0153. The summed E-state index contributed by atoms with van der Waals surface area (Å²) in [5, 5.41) is 12.4. The van der Waals surface area contributed by atoms with Gasteiger partial charge in [0.1, 0.15) is 11.4 Å². The van der Waals surface area contributed by atoms with E-state index in [1.807, 2.05) is 4.98 Å². The van der Waals surface area contributed by atoms with E-state index in [1.165, 1.54) is 7.11 Å². The zero-order chi connectivity index (χ0) is 18.0. The van der Waals surface area contributed by atoms with Crippen LogP contribution in [0.2, 0.25) is 0 Å². The third-order valence-electron chi connectivity index (χ3n) is 4.24. The molecule has 1 atom stereocenters. The van der Waals surface area contributed by atoms with E-state index in [4.69, 9.17) is 4.74 Å². The molecule has 0 aliphatic heterocycles. The number of ether oxygens (including phenoxy) is 1. The Balaban J connectivity index is 1.88. The number of pyridine rings is 1. The average Bonchev–Trinajstić information content (AvgIpc) is 2.56. The van der Waals surface area contributed by atoms with E-state index in [-0.39, 0.29) is 11.6 Å². The summed E-state index contributed by atoms with van der Waals surface area (Å²) in [4.78, 5) is 43.6. The summed E-state index contributed by atoms with van der Waals surface area (Å²) < 4.78 is 5.16. The van der Waals surface area contributed by atoms with Crippen LogP contribution in [0.15, 0.2) is 34.1 Å². The number of aliphatic hydroxyl groups excluding tert-OH is 1. The van der Waals surface area contributed by atoms with Crippen LogP contribution in [-0.4, -0.2) is 39.2 Å². The van der Waals surface area contributed by atoms with Gasteiger partial charge in [0.05, 0.1) is 25.5 Å². The first-order valence-corrected chi connectivity index (χ1v) is 7.78. The zero-order valence-corrected chi connectivity index (χ0v) is 13.5. The lowest BCUT2D eigenvalue weighted by Gasteiger charge is -2.38. The molecule has 2 aromatic heterocycles. The Morgan fingerprint density at radius 2 is 2.08 bits per heavy atom. The molecule has 0 spiro atoms. The second-order valence-corrected chi connectivity index (χ2v) is 6.00. The van der Waals surface area contributed by atoms with Crippen molar-refractivity contribution in [2.75, 3.05) is 7.11 Å². The van der Waals surface area contributed by atoms with E-state index < -0.39 is 29.3 Å². The van der Waals surface area contributed by atoms with Crippen LogP contribution < -0.4 is 21.3 Å². The van der Waals surface area contributed by atoms with Gasteiger partial charge in [0, 0.05) is 12.3 Å². The van der Waals surface area contributed by atoms with Gasteiger partial charge in [-0.15, -0.1) is 0 Å². The van der Waals surface area contributed by atoms with E-state index >= 15 is 0 Å². The number of nitrogens with one attached hydrogen (secondary N) is 3. The van der Waals surface area contributed by atoms with E-state index in [0.717, 1.165) is 11.6 Å². The van der Waals surface area contributed by atoms with Gasteiger partial charge in [-0.3, -0.25) is 19.6 Å². The Bertz CT molecular complexity index is 856. The summed E-state index contributed by atoms with van der Waals surface area (Å²) in [6, 6.07) is 2.34. The first-order valence-electron chi connectivity index (χ1n) is 7.78. The van der Waals surface area contributed by atoms with Gasteiger partial charge in [0.15, 0.2) is 0 Å². The van der Waals surface area contributed by atoms with Crippen LogP contribution in [0.5, 0.6) is 5.75 Å². The number of aromatic amines is 2. The predicted octanol–water partition coefficient (Wildman–Crippen LogP) is -0.291. The maximum atomic E-state index is 12.5. The molecule has 1 amide bonds. The Kier molecular flexibility index (Phi) is 4.66. The first-order chi connectivity index (χ1) is 12.0. The van der Waals surface area contributed by atoms with Gasteiger partial charge in [0.2, 0.25) is 0 Å². The van der Waals surface area contributed by atoms with E-state index in [0.29, 0.717) is 18.6 Å². The molecule has 2 heterocycles. The van der Waals surface area contributed by atoms with Gasteiger partial charge in [-0.25, -0.2) is 4.79 Å². The lowest BCUT2D eigenvalue weighted by Crippen LogP contribution is -2.42. The molecule has 0 radical (unpaired) electrons. The standard InChI is InChI=1S/C16H18N4O5/c1-25-11-4-9(6-17-7-11)14(8-2-10(21)3-8)20-15(23)12-5-13(22)19-16(24)18-12/h4-8,10,14,21H,2-3H2,1H3,(H,20,23)(H2,18,19,22,24)/t8?,10?,14-/m0/s1. The molecule has 9 heteroatoms. The smallest absolute Gasteiger partial charge is 0.326 e. The molecule has 1 aliphatic carbocycles. The Labute approximate surface area is 142 Å². The first kappa shape index (κ1) is 16.9. The van der Waals surface area contributed by atoms with Crippen LogP contribution in [0, 0.1) is 5.92 Å². The number of aromatic nitrogens is 3. The number of rotatable bonds is 5. The number of amides is 1. The number of aliphatic hydroxyl groups is 1. The fraction of sp³-hybridized carbons (Fsp3) is 0.375. The van der Waals surface area contributed by atoms with E-state index in [2.05, 4.69) is 15.3 Å². The van der Waals surface area contributed by atoms with Gasteiger partial charge >= 0.3 is 5.69 Å². The number of H-pyrrole nitrogens is 2. The summed E-state index contributed by atoms with van der Waals surface area (Å²) in [6.07, 6.45) is 3.83. The summed E-state index contributed by atoms with van der Waals surface area (Å²) in [5.74, 6) is -0.0276. The summed E-state index contributed by atoms with van der Waals surface area (Å²) >= 11 is 0. The van der Waals surface area contributed by atoms with Gasteiger partial charge in [-0.2, -0.15) is 0 Å². The highest BCUT2D eigenvalue weighted by atomic mass is 16.5. The second-order valence-electron chi connectivity index (χ2n) is 6.00. The molecule has 0 bridgehead atoms. The quantitative estimate of drug-likeness (QED) is 0.587. The van der Waals surface area contributed by atoms with Crippen LogP contribution in [0.3, 0.4) is 0 Å². The second kappa shape index (κ2) is 6.89. The highest BCUT2D eigenvalue weighted by molar-refractivity contribution is 5.92. The van der Waals surface area contributed by atoms with Crippen LogP contribution in [0.1, 0.15) is 34.9 Å². The number of carbonyl (C=O) groups is 1. The van der Waals surface area contributed by atoms with Crippen molar-refractivity contribution in [1.29, 1.82) is 0 Å². The van der Waals surface area contributed by atoms with Crippen molar-refractivity contribution >= 4 is 5.91 Å². The fourth-order valence-corrected chi connectivity index (χ4v) is 2.90. The molecule has 1 aliphatic rings. The SMILES string of the molecule is COc1cncc([C@@H](NC(=O)c2cc(=O)[nH]c(=O)[nH]2)C2CC(O)C2)c1. The topological polar surface area (TPSA) is 137 Å². The molecule has 132 valence electrons. The van der Waals surface area contributed by atoms with E-state index in [1.54, 1.807) is 18.5 Å². The number of carbonyl (C=O) groups excluding carboxylic acids is 1. The highest BCUT2D eigenvalue weighted by Crippen LogP contribution is 2.38. The highest BCUT2D eigenvalue weighted by Gasteiger charge is 2.36. The number of nitrogens with zero attached hydrogens (tertiary/aromatic N) is 1. The van der Waals surface area contributed by atoms with Gasteiger partial charge in [-0.05, 0) is 30.4 Å². The van der Waals surface area contributed by atoms with Crippen LogP contribution in [0.25, 0.3) is 0 Å². The molecular weight excluding hydrogens is 328 g/mol. The molecule has 3 rings (SSSR count). The minimum Gasteiger partial charge on any atom is -0.495 e. The molecule has 1 saturated carbocycles. The summed E-state index contributed by atoms with van der Waals surface area (Å²) in [5.41, 5.74) is -0.824. The van der Waals surface area contributed by atoms with Crippen molar-refractivity contribution in [3.8, 4) is 5.75 Å². The Morgan fingerprint density at radius 1 is 1.32 bits per heavy atom.